The first-order valence-corrected chi connectivity index (χ1v) is 10.6. The third kappa shape index (κ3) is 5.08. The summed E-state index contributed by atoms with van der Waals surface area (Å²) in [6, 6.07) is 23.5. The molecule has 4 rings (SSSR count). The van der Waals surface area contributed by atoms with Crippen molar-refractivity contribution in [3.05, 3.63) is 92.9 Å². The van der Waals surface area contributed by atoms with Gasteiger partial charge in [-0.15, -0.1) is 10.2 Å². The van der Waals surface area contributed by atoms with E-state index in [2.05, 4.69) is 63.1 Å². The van der Waals surface area contributed by atoms with Crippen LogP contribution in [0, 0.1) is 0 Å². The Morgan fingerprint density at radius 1 is 0.600 bits per heavy atom. The van der Waals surface area contributed by atoms with Crippen LogP contribution in [0.4, 0.5) is 11.6 Å². The van der Waals surface area contributed by atoms with Gasteiger partial charge in [-0.25, -0.2) is 0 Å². The molecule has 0 saturated carbocycles. The van der Waals surface area contributed by atoms with Crippen molar-refractivity contribution >= 4 is 66.7 Å². The van der Waals surface area contributed by atoms with Crippen LogP contribution in [0.2, 0.25) is 0 Å². The SMILES string of the molecule is Brc1ccc(/C=N/Nc2nnc(N/N=C/c3ccc(Br)cc3)c3ccccc23)cc1. The minimum atomic E-state index is 0.571. The van der Waals surface area contributed by atoms with E-state index in [4.69, 9.17) is 0 Å². The second-order valence-corrected chi connectivity index (χ2v) is 8.12. The average Bonchev–Trinajstić information content (AvgIpc) is 2.77. The van der Waals surface area contributed by atoms with Gasteiger partial charge in [0, 0.05) is 19.7 Å². The van der Waals surface area contributed by atoms with E-state index in [1.807, 2.05) is 72.8 Å². The van der Waals surface area contributed by atoms with Gasteiger partial charge in [0.05, 0.1) is 12.4 Å². The highest BCUT2D eigenvalue weighted by Crippen LogP contribution is 2.26. The Morgan fingerprint density at radius 3 is 1.40 bits per heavy atom. The minimum absolute atomic E-state index is 0.571. The number of nitrogens with one attached hydrogen (secondary N) is 2. The van der Waals surface area contributed by atoms with Crippen molar-refractivity contribution < 1.29 is 0 Å². The maximum absolute atomic E-state index is 4.28. The van der Waals surface area contributed by atoms with Gasteiger partial charge in [0.25, 0.3) is 0 Å². The summed E-state index contributed by atoms with van der Waals surface area (Å²) >= 11 is 6.84. The molecule has 3 aromatic carbocycles. The van der Waals surface area contributed by atoms with Crippen LogP contribution in [0.1, 0.15) is 11.1 Å². The number of hydrogen-bond donors (Lipinski definition) is 2. The van der Waals surface area contributed by atoms with Crippen LogP contribution in [0.25, 0.3) is 10.8 Å². The van der Waals surface area contributed by atoms with E-state index in [9.17, 15) is 0 Å². The van der Waals surface area contributed by atoms with Crippen LogP contribution < -0.4 is 10.9 Å². The minimum Gasteiger partial charge on any atom is -0.259 e. The van der Waals surface area contributed by atoms with Crippen molar-refractivity contribution in [1.82, 2.24) is 10.2 Å². The molecule has 0 aliphatic carbocycles. The summed E-state index contributed by atoms with van der Waals surface area (Å²) in [5.41, 5.74) is 7.91. The van der Waals surface area contributed by atoms with Crippen LogP contribution in [0.15, 0.2) is 91.9 Å². The number of hydrazone groups is 2. The Bertz CT molecular complexity index is 1110. The van der Waals surface area contributed by atoms with Crippen molar-refractivity contribution in [2.75, 3.05) is 10.9 Å². The van der Waals surface area contributed by atoms with E-state index >= 15 is 0 Å². The molecule has 2 N–H and O–H groups in total. The smallest absolute Gasteiger partial charge is 0.176 e. The molecule has 0 aliphatic rings. The summed E-state index contributed by atoms with van der Waals surface area (Å²) < 4.78 is 2.05. The lowest BCUT2D eigenvalue weighted by atomic mass is 10.2. The summed E-state index contributed by atoms with van der Waals surface area (Å²) in [5, 5.41) is 18.9. The number of hydrogen-bond acceptors (Lipinski definition) is 6. The van der Waals surface area contributed by atoms with Crippen molar-refractivity contribution in [2.24, 2.45) is 10.2 Å². The molecule has 30 heavy (non-hydrogen) atoms. The number of nitrogens with zero attached hydrogens (tertiary/aromatic N) is 4. The number of halogens is 2. The van der Waals surface area contributed by atoms with Crippen LogP contribution in [0.3, 0.4) is 0 Å². The molecule has 0 spiro atoms. The zero-order valence-electron chi connectivity index (χ0n) is 15.6. The van der Waals surface area contributed by atoms with Gasteiger partial charge >= 0.3 is 0 Å². The van der Waals surface area contributed by atoms with Gasteiger partial charge in [0.2, 0.25) is 0 Å². The largest absolute Gasteiger partial charge is 0.259 e. The molecule has 1 aromatic heterocycles. The highest BCUT2D eigenvalue weighted by Gasteiger charge is 2.07. The summed E-state index contributed by atoms with van der Waals surface area (Å²) in [6.07, 6.45) is 3.47. The van der Waals surface area contributed by atoms with Gasteiger partial charge in [0.15, 0.2) is 11.6 Å². The first-order chi connectivity index (χ1) is 14.7. The maximum Gasteiger partial charge on any atom is 0.176 e. The zero-order valence-corrected chi connectivity index (χ0v) is 18.8. The number of rotatable bonds is 6. The molecule has 0 aliphatic heterocycles. The quantitative estimate of drug-likeness (QED) is 0.238. The van der Waals surface area contributed by atoms with E-state index < -0.39 is 0 Å². The van der Waals surface area contributed by atoms with Crippen LogP contribution in [-0.2, 0) is 0 Å². The summed E-state index contributed by atoms with van der Waals surface area (Å²) in [6.45, 7) is 0. The van der Waals surface area contributed by atoms with Crippen molar-refractivity contribution in [1.29, 1.82) is 0 Å². The second kappa shape index (κ2) is 9.60. The van der Waals surface area contributed by atoms with Crippen molar-refractivity contribution in [3.63, 3.8) is 0 Å². The van der Waals surface area contributed by atoms with Gasteiger partial charge < -0.3 is 0 Å². The number of aromatic nitrogens is 2. The number of fused-ring (bicyclic) bond motifs is 1. The Labute approximate surface area is 190 Å². The second-order valence-electron chi connectivity index (χ2n) is 6.29. The van der Waals surface area contributed by atoms with Gasteiger partial charge in [-0.3, -0.25) is 10.9 Å². The predicted octanol–water partition coefficient (Wildman–Crippen LogP) is 6.05. The van der Waals surface area contributed by atoms with E-state index in [0.717, 1.165) is 30.8 Å². The fourth-order valence-electron chi connectivity index (χ4n) is 2.70. The molecule has 0 amide bonds. The van der Waals surface area contributed by atoms with E-state index in [1.54, 1.807) is 12.4 Å². The van der Waals surface area contributed by atoms with Gasteiger partial charge in [-0.2, -0.15) is 10.2 Å². The first-order valence-electron chi connectivity index (χ1n) is 9.04. The molecule has 0 bridgehead atoms. The lowest BCUT2D eigenvalue weighted by Crippen LogP contribution is -2.01. The molecule has 4 aromatic rings. The fraction of sp³-hybridized carbons (Fsp3) is 0. The Hall–Kier alpha value is -3.10. The molecular weight excluding hydrogens is 508 g/mol. The number of anilines is 2. The molecular formula is C22H16Br2N6. The molecule has 148 valence electrons. The monoisotopic (exact) mass is 522 g/mol. The van der Waals surface area contributed by atoms with Crippen LogP contribution >= 0.6 is 31.9 Å². The molecule has 0 unspecified atom stereocenters. The maximum atomic E-state index is 4.28. The van der Waals surface area contributed by atoms with E-state index in [1.165, 1.54) is 0 Å². The summed E-state index contributed by atoms with van der Waals surface area (Å²) in [4.78, 5) is 0. The highest BCUT2D eigenvalue weighted by molar-refractivity contribution is 9.10. The van der Waals surface area contributed by atoms with Crippen LogP contribution in [0.5, 0.6) is 0 Å². The normalized spacial score (nSPS) is 11.4. The molecule has 0 atom stereocenters. The summed E-state index contributed by atoms with van der Waals surface area (Å²) in [5.74, 6) is 1.14. The van der Waals surface area contributed by atoms with Gasteiger partial charge in [0.1, 0.15) is 0 Å². The Kier molecular flexibility index (Phi) is 6.46. The zero-order chi connectivity index (χ0) is 20.8. The topological polar surface area (TPSA) is 74.6 Å². The predicted molar refractivity (Wildman–Crippen MR) is 130 cm³/mol. The Balaban J connectivity index is 1.52. The average molecular weight is 524 g/mol. The lowest BCUT2D eigenvalue weighted by molar-refractivity contribution is 1.03. The molecule has 0 radical (unpaired) electrons. The third-order valence-corrected chi connectivity index (χ3v) is 5.25. The van der Waals surface area contributed by atoms with E-state index in [-0.39, 0.29) is 0 Å². The highest BCUT2D eigenvalue weighted by atomic mass is 79.9. The molecule has 6 nitrogen and oxygen atoms in total. The first kappa shape index (κ1) is 20.2. The number of benzene rings is 3. The van der Waals surface area contributed by atoms with Crippen molar-refractivity contribution in [2.45, 2.75) is 0 Å². The Morgan fingerprint density at radius 2 is 1.00 bits per heavy atom. The molecule has 1 heterocycles. The standard InChI is InChI=1S/C22H16Br2N6/c23-17-9-5-15(6-10-17)13-25-27-21-19-3-1-2-4-20(19)22(30-29-21)28-26-14-16-7-11-18(24)12-8-16/h1-14H,(H,27,29)(H,28,30)/b25-13+,26-14+. The molecule has 0 saturated heterocycles. The lowest BCUT2D eigenvalue weighted by Gasteiger charge is -2.08. The fourth-order valence-corrected chi connectivity index (χ4v) is 3.23. The third-order valence-electron chi connectivity index (χ3n) is 4.20. The van der Waals surface area contributed by atoms with Gasteiger partial charge in [-0.1, -0.05) is 80.4 Å². The van der Waals surface area contributed by atoms with Crippen LogP contribution in [-0.4, -0.2) is 22.6 Å². The van der Waals surface area contributed by atoms with Gasteiger partial charge in [-0.05, 0) is 35.4 Å². The molecule has 0 fully saturated rings. The molecule has 8 heteroatoms. The van der Waals surface area contributed by atoms with Crippen molar-refractivity contribution in [3.8, 4) is 0 Å². The van der Waals surface area contributed by atoms with E-state index in [0.29, 0.717) is 11.6 Å². The summed E-state index contributed by atoms with van der Waals surface area (Å²) in [7, 11) is 0.